The summed E-state index contributed by atoms with van der Waals surface area (Å²) in [6.45, 7) is -0.647. The molecule has 0 unspecified atom stereocenters. The molecule has 0 saturated carbocycles. The maximum atomic E-state index is 14.2. The van der Waals surface area contributed by atoms with Crippen LogP contribution in [-0.4, -0.2) is 60.0 Å². The number of halogens is 1. The molecular formula is C12H12FN5O5. The van der Waals surface area contributed by atoms with E-state index in [1.165, 1.54) is 0 Å². The lowest BCUT2D eigenvalue weighted by Gasteiger charge is -2.23. The molecule has 23 heavy (non-hydrogen) atoms. The first-order valence-corrected chi connectivity index (χ1v) is 6.49. The van der Waals surface area contributed by atoms with Crippen LogP contribution < -0.4 is 5.48 Å². The van der Waals surface area contributed by atoms with Gasteiger partial charge in [-0.15, -0.1) is 0 Å². The Labute approximate surface area is 127 Å². The van der Waals surface area contributed by atoms with Crippen LogP contribution in [0.15, 0.2) is 12.4 Å². The lowest BCUT2D eigenvalue weighted by Crippen LogP contribution is -2.40. The minimum atomic E-state index is -2.15. The third-order valence-corrected chi connectivity index (χ3v) is 3.80. The van der Waals surface area contributed by atoms with Crippen molar-refractivity contribution in [2.24, 2.45) is 0 Å². The number of aliphatic hydroxyl groups excluding tert-OH is 3. The minimum Gasteiger partial charge on any atom is -0.394 e. The first-order chi connectivity index (χ1) is 11.0. The topological polar surface area (TPSA) is 156 Å². The molecule has 10 nitrogen and oxygen atoms in total. The Bertz CT molecular complexity index is 792. The Morgan fingerprint density at radius 3 is 2.83 bits per heavy atom. The van der Waals surface area contributed by atoms with E-state index in [2.05, 4.69) is 10.1 Å². The molecule has 1 saturated heterocycles. The number of hydrogen-bond acceptors (Lipinski definition) is 9. The number of aliphatic hydroxyl groups is 3. The number of fused-ring (bicyclic) bond motifs is 1. The van der Waals surface area contributed by atoms with Crippen molar-refractivity contribution in [1.82, 2.24) is 14.6 Å². The van der Waals surface area contributed by atoms with Crippen molar-refractivity contribution in [2.45, 2.75) is 23.9 Å². The molecule has 4 atom stereocenters. The molecule has 11 heteroatoms. The summed E-state index contributed by atoms with van der Waals surface area (Å²) in [5.41, 5.74) is -0.948. The Balaban J connectivity index is 2.25. The monoisotopic (exact) mass is 325 g/mol. The van der Waals surface area contributed by atoms with E-state index >= 15 is 0 Å². The number of anilines is 1. The first-order valence-electron chi connectivity index (χ1n) is 6.49. The van der Waals surface area contributed by atoms with Gasteiger partial charge in [-0.05, 0) is 0 Å². The molecule has 1 aliphatic rings. The molecule has 0 amide bonds. The predicted octanol–water partition coefficient (Wildman–Crippen LogP) is -1.50. The first kappa shape index (κ1) is 15.5. The number of rotatable bonds is 3. The van der Waals surface area contributed by atoms with Crippen LogP contribution in [0.5, 0.6) is 0 Å². The van der Waals surface area contributed by atoms with Crippen LogP contribution >= 0.6 is 0 Å². The molecule has 3 heterocycles. The fraction of sp³-hybridized carbons (Fsp3) is 0.417. The van der Waals surface area contributed by atoms with Crippen molar-refractivity contribution in [3.63, 3.8) is 0 Å². The molecule has 1 aliphatic heterocycles. The zero-order valence-electron chi connectivity index (χ0n) is 11.5. The van der Waals surface area contributed by atoms with Crippen LogP contribution in [0.1, 0.15) is 5.69 Å². The fourth-order valence-corrected chi connectivity index (χ4v) is 2.68. The molecule has 0 spiro atoms. The van der Waals surface area contributed by atoms with E-state index in [-0.39, 0.29) is 17.0 Å². The van der Waals surface area contributed by atoms with Gasteiger partial charge in [0.25, 0.3) is 0 Å². The zero-order valence-corrected chi connectivity index (χ0v) is 11.5. The summed E-state index contributed by atoms with van der Waals surface area (Å²) in [5.74, 6) is -1.15. The van der Waals surface area contributed by atoms with Gasteiger partial charge < -0.3 is 20.1 Å². The highest BCUT2D eigenvalue weighted by Crippen LogP contribution is 2.41. The van der Waals surface area contributed by atoms with Crippen molar-refractivity contribution in [3.05, 3.63) is 23.9 Å². The van der Waals surface area contributed by atoms with E-state index in [4.69, 9.17) is 9.94 Å². The standard InChI is InChI=1S/C12H12FN5O5/c13-5-1-7(18-8(5)11(17-22)15-4-16-18)12(3-14)10(21)9(20)6(2-19)23-12/h1,4,6,9-10,19-22H,2H2,(H,15,16,17)/t6-,9-,10-,12+/m1/s1. The fourth-order valence-electron chi connectivity index (χ4n) is 2.68. The summed E-state index contributed by atoms with van der Waals surface area (Å²) < 4.78 is 20.4. The number of nitrogens with zero attached hydrogens (tertiary/aromatic N) is 4. The summed E-state index contributed by atoms with van der Waals surface area (Å²) in [5, 5.41) is 51.5. The summed E-state index contributed by atoms with van der Waals surface area (Å²) >= 11 is 0. The van der Waals surface area contributed by atoms with E-state index in [0.29, 0.717) is 0 Å². The molecule has 5 N–H and O–H groups in total. The average molecular weight is 325 g/mol. The van der Waals surface area contributed by atoms with Crippen molar-refractivity contribution < 1.29 is 29.7 Å². The van der Waals surface area contributed by atoms with Gasteiger partial charge in [-0.25, -0.2) is 13.9 Å². The van der Waals surface area contributed by atoms with Gasteiger partial charge in [0.05, 0.1) is 12.3 Å². The predicted molar refractivity (Wildman–Crippen MR) is 69.6 cm³/mol. The largest absolute Gasteiger partial charge is 0.394 e. The number of nitrogens with one attached hydrogen (secondary N) is 1. The van der Waals surface area contributed by atoms with E-state index in [9.17, 15) is 25.0 Å². The number of ether oxygens (including phenoxy) is 1. The lowest BCUT2D eigenvalue weighted by molar-refractivity contribution is -0.0643. The minimum absolute atomic E-state index is 0.214. The van der Waals surface area contributed by atoms with Gasteiger partial charge in [0.15, 0.2) is 11.6 Å². The van der Waals surface area contributed by atoms with Crippen molar-refractivity contribution in [1.29, 1.82) is 5.26 Å². The van der Waals surface area contributed by atoms with Gasteiger partial charge in [0.1, 0.15) is 36.2 Å². The molecule has 0 bridgehead atoms. The highest BCUT2D eigenvalue weighted by molar-refractivity contribution is 5.68. The van der Waals surface area contributed by atoms with Gasteiger partial charge in [0.2, 0.25) is 5.60 Å². The van der Waals surface area contributed by atoms with Crippen LogP contribution in [0.3, 0.4) is 0 Å². The van der Waals surface area contributed by atoms with Crippen LogP contribution in [0, 0.1) is 17.1 Å². The van der Waals surface area contributed by atoms with Gasteiger partial charge in [-0.1, -0.05) is 0 Å². The van der Waals surface area contributed by atoms with Crippen LogP contribution in [0.2, 0.25) is 0 Å². The smallest absolute Gasteiger partial charge is 0.225 e. The molecule has 122 valence electrons. The number of hydrogen-bond donors (Lipinski definition) is 5. The second-order valence-electron chi connectivity index (χ2n) is 4.98. The molecule has 3 rings (SSSR count). The second kappa shape index (κ2) is 5.37. The van der Waals surface area contributed by atoms with Crippen LogP contribution in [0.25, 0.3) is 5.52 Å². The van der Waals surface area contributed by atoms with Crippen molar-refractivity contribution in [3.8, 4) is 6.07 Å². The van der Waals surface area contributed by atoms with Crippen LogP contribution in [-0.2, 0) is 10.3 Å². The summed E-state index contributed by atoms with van der Waals surface area (Å²) in [6.07, 6.45) is -3.54. The van der Waals surface area contributed by atoms with Crippen molar-refractivity contribution >= 4 is 11.3 Å². The van der Waals surface area contributed by atoms with Gasteiger partial charge in [-0.2, -0.15) is 10.4 Å². The maximum absolute atomic E-state index is 14.2. The molecule has 0 aliphatic carbocycles. The molecule has 0 radical (unpaired) electrons. The number of nitriles is 1. The van der Waals surface area contributed by atoms with Crippen LogP contribution in [0.4, 0.5) is 10.2 Å². The summed E-state index contributed by atoms with van der Waals surface area (Å²) in [4.78, 5) is 3.63. The third kappa shape index (κ3) is 1.97. The quantitative estimate of drug-likeness (QED) is 0.424. The van der Waals surface area contributed by atoms with Crippen molar-refractivity contribution in [2.75, 3.05) is 12.1 Å². The zero-order chi connectivity index (χ0) is 16.8. The molecule has 2 aromatic rings. The molecule has 2 aromatic heterocycles. The molecular weight excluding hydrogens is 313 g/mol. The van der Waals surface area contributed by atoms with Gasteiger partial charge in [-0.3, -0.25) is 10.7 Å². The second-order valence-corrected chi connectivity index (χ2v) is 4.98. The normalized spacial score (nSPS) is 30.5. The molecule has 1 fully saturated rings. The van der Waals surface area contributed by atoms with E-state index in [0.717, 1.165) is 16.9 Å². The Kier molecular flexibility index (Phi) is 3.63. The SMILES string of the molecule is N#C[C@@]1(c2cc(F)c3c(NO)ncnn23)O[C@H](CO)[C@@H](O)[C@H]1O. The Morgan fingerprint density at radius 1 is 1.52 bits per heavy atom. The molecule has 0 aromatic carbocycles. The van der Waals surface area contributed by atoms with Gasteiger partial charge >= 0.3 is 0 Å². The third-order valence-electron chi connectivity index (χ3n) is 3.80. The van der Waals surface area contributed by atoms with E-state index < -0.39 is 36.3 Å². The Morgan fingerprint density at radius 2 is 2.26 bits per heavy atom. The lowest BCUT2D eigenvalue weighted by atomic mass is 9.92. The number of aromatic nitrogens is 3. The summed E-state index contributed by atoms with van der Waals surface area (Å²) in [6, 6.07) is 2.59. The van der Waals surface area contributed by atoms with Gasteiger partial charge in [0, 0.05) is 6.07 Å². The maximum Gasteiger partial charge on any atom is 0.225 e. The highest BCUT2D eigenvalue weighted by atomic mass is 19.1. The summed E-state index contributed by atoms with van der Waals surface area (Å²) in [7, 11) is 0. The Hall–Kier alpha value is -2.36. The highest BCUT2D eigenvalue weighted by Gasteiger charge is 2.57. The van der Waals surface area contributed by atoms with E-state index in [1.807, 2.05) is 0 Å². The average Bonchev–Trinajstić information content (AvgIpc) is 3.04. The van der Waals surface area contributed by atoms with E-state index in [1.54, 1.807) is 11.5 Å².